The van der Waals surface area contributed by atoms with Crippen LogP contribution in [0.4, 0.5) is 5.69 Å². The van der Waals surface area contributed by atoms with E-state index in [9.17, 15) is 8.42 Å². The summed E-state index contributed by atoms with van der Waals surface area (Å²) in [5.74, 6) is 0. The number of benzene rings is 1. The van der Waals surface area contributed by atoms with E-state index in [0.29, 0.717) is 5.69 Å². The van der Waals surface area contributed by atoms with Gasteiger partial charge in [0, 0.05) is 19.3 Å². The van der Waals surface area contributed by atoms with E-state index in [1.165, 1.54) is 25.2 Å². The normalized spacial score (nSPS) is 11.2. The first-order valence-electron chi connectivity index (χ1n) is 5.19. The van der Waals surface area contributed by atoms with Crippen molar-refractivity contribution >= 4 is 15.7 Å². The second-order valence-corrected chi connectivity index (χ2v) is 6.10. The highest BCUT2D eigenvalue weighted by Gasteiger charge is 2.23. The van der Waals surface area contributed by atoms with Gasteiger partial charge in [-0.15, -0.1) is 0 Å². The SMILES string of the molecule is C=C(C)CN(C)S(=O)(=O)c1ccc(N)cc1C#N. The van der Waals surface area contributed by atoms with Gasteiger partial charge in [-0.05, 0) is 25.1 Å². The molecule has 6 heteroatoms. The molecule has 0 unspecified atom stereocenters. The van der Waals surface area contributed by atoms with Crippen molar-refractivity contribution in [2.45, 2.75) is 11.8 Å². The molecule has 0 aliphatic carbocycles. The van der Waals surface area contributed by atoms with Crippen LogP contribution in [0.5, 0.6) is 0 Å². The summed E-state index contributed by atoms with van der Waals surface area (Å²) in [6.45, 7) is 5.61. The van der Waals surface area contributed by atoms with Crippen molar-refractivity contribution in [2.75, 3.05) is 19.3 Å². The number of hydrogen-bond donors (Lipinski definition) is 1. The van der Waals surface area contributed by atoms with Gasteiger partial charge in [-0.3, -0.25) is 0 Å². The van der Waals surface area contributed by atoms with Gasteiger partial charge >= 0.3 is 0 Å². The Kier molecular flexibility index (Phi) is 4.11. The second-order valence-electron chi connectivity index (χ2n) is 4.09. The van der Waals surface area contributed by atoms with E-state index in [1.807, 2.05) is 6.07 Å². The highest BCUT2D eigenvalue weighted by molar-refractivity contribution is 7.89. The Morgan fingerprint density at radius 1 is 1.56 bits per heavy atom. The van der Waals surface area contributed by atoms with E-state index in [4.69, 9.17) is 11.0 Å². The summed E-state index contributed by atoms with van der Waals surface area (Å²) in [5, 5.41) is 8.96. The van der Waals surface area contributed by atoms with Crippen LogP contribution in [0.3, 0.4) is 0 Å². The molecule has 0 aliphatic heterocycles. The predicted molar refractivity (Wildman–Crippen MR) is 70.2 cm³/mol. The number of anilines is 1. The highest BCUT2D eigenvalue weighted by atomic mass is 32.2. The Bertz CT molecular complexity index is 615. The minimum absolute atomic E-state index is 0.0389. The summed E-state index contributed by atoms with van der Waals surface area (Å²) in [4.78, 5) is -0.0389. The van der Waals surface area contributed by atoms with Crippen LogP contribution in [0.25, 0.3) is 0 Å². The molecule has 5 nitrogen and oxygen atoms in total. The zero-order chi connectivity index (χ0) is 13.9. The average Bonchev–Trinajstić information content (AvgIpc) is 2.27. The van der Waals surface area contributed by atoms with Crippen LogP contribution in [0, 0.1) is 11.3 Å². The maximum Gasteiger partial charge on any atom is 0.244 e. The fourth-order valence-corrected chi connectivity index (χ4v) is 2.84. The van der Waals surface area contributed by atoms with Gasteiger partial charge in [-0.1, -0.05) is 12.2 Å². The summed E-state index contributed by atoms with van der Waals surface area (Å²) in [6.07, 6.45) is 0. The van der Waals surface area contributed by atoms with Crippen LogP contribution in [0.1, 0.15) is 12.5 Å². The fraction of sp³-hybridized carbons (Fsp3) is 0.250. The lowest BCUT2D eigenvalue weighted by atomic mass is 10.2. The standard InChI is InChI=1S/C12H15N3O2S/c1-9(2)8-15(3)18(16,17)12-5-4-11(14)6-10(12)7-13/h4-6H,1,8,14H2,2-3H3. The van der Waals surface area contributed by atoms with E-state index in [1.54, 1.807) is 6.92 Å². The lowest BCUT2D eigenvalue weighted by Gasteiger charge is -2.18. The molecular weight excluding hydrogens is 250 g/mol. The molecule has 0 aliphatic rings. The van der Waals surface area contributed by atoms with Crippen LogP contribution in [-0.4, -0.2) is 26.3 Å². The van der Waals surface area contributed by atoms with Gasteiger partial charge in [-0.2, -0.15) is 9.57 Å². The zero-order valence-electron chi connectivity index (χ0n) is 10.3. The smallest absolute Gasteiger partial charge is 0.244 e. The molecule has 0 aromatic heterocycles. The fourth-order valence-electron chi connectivity index (χ4n) is 1.49. The van der Waals surface area contributed by atoms with Gasteiger partial charge in [0.1, 0.15) is 11.0 Å². The van der Waals surface area contributed by atoms with Crippen molar-refractivity contribution in [3.8, 4) is 6.07 Å². The van der Waals surface area contributed by atoms with Crippen molar-refractivity contribution in [1.29, 1.82) is 5.26 Å². The van der Waals surface area contributed by atoms with E-state index >= 15 is 0 Å². The maximum absolute atomic E-state index is 12.3. The lowest BCUT2D eigenvalue weighted by molar-refractivity contribution is 0.493. The molecule has 0 atom stereocenters. The molecule has 1 aromatic carbocycles. The Balaban J connectivity index is 3.29. The van der Waals surface area contributed by atoms with Gasteiger partial charge in [0.05, 0.1) is 5.56 Å². The van der Waals surface area contributed by atoms with Crippen LogP contribution in [0.2, 0.25) is 0 Å². The number of nitrogens with two attached hydrogens (primary N) is 1. The van der Waals surface area contributed by atoms with Crippen molar-refractivity contribution in [3.05, 3.63) is 35.9 Å². The first-order chi connectivity index (χ1) is 8.28. The molecular formula is C12H15N3O2S. The van der Waals surface area contributed by atoms with Crippen LogP contribution in [0.15, 0.2) is 35.2 Å². The first kappa shape index (κ1) is 14.2. The molecule has 0 saturated heterocycles. The third-order valence-corrected chi connectivity index (χ3v) is 4.17. The number of rotatable bonds is 4. The molecule has 96 valence electrons. The summed E-state index contributed by atoms with van der Waals surface area (Å²) >= 11 is 0. The molecule has 18 heavy (non-hydrogen) atoms. The van der Waals surface area contributed by atoms with Crippen LogP contribution >= 0.6 is 0 Å². The van der Waals surface area contributed by atoms with Gasteiger partial charge in [0.2, 0.25) is 10.0 Å². The number of nitrogen functional groups attached to an aromatic ring is 1. The molecule has 0 heterocycles. The quantitative estimate of drug-likeness (QED) is 0.657. The van der Waals surface area contributed by atoms with E-state index in [-0.39, 0.29) is 17.0 Å². The van der Waals surface area contributed by atoms with Crippen molar-refractivity contribution in [1.82, 2.24) is 4.31 Å². The molecule has 0 radical (unpaired) electrons. The van der Waals surface area contributed by atoms with Gasteiger partial charge in [-0.25, -0.2) is 8.42 Å². The van der Waals surface area contributed by atoms with E-state index in [0.717, 1.165) is 9.88 Å². The van der Waals surface area contributed by atoms with Crippen molar-refractivity contribution in [2.24, 2.45) is 0 Å². The monoisotopic (exact) mass is 265 g/mol. The number of likely N-dealkylation sites (N-methyl/N-ethyl adjacent to an activating group) is 1. The molecule has 0 bridgehead atoms. The molecule has 0 fully saturated rings. The van der Waals surface area contributed by atoms with Crippen molar-refractivity contribution in [3.63, 3.8) is 0 Å². The summed E-state index contributed by atoms with van der Waals surface area (Å²) in [6, 6.07) is 6.00. The van der Waals surface area contributed by atoms with Gasteiger partial charge < -0.3 is 5.73 Å². The Labute approximate surface area is 107 Å². The largest absolute Gasteiger partial charge is 0.399 e. The minimum Gasteiger partial charge on any atom is -0.399 e. The number of nitriles is 1. The third kappa shape index (κ3) is 2.88. The Hall–Kier alpha value is -1.84. The Morgan fingerprint density at radius 2 is 2.17 bits per heavy atom. The van der Waals surface area contributed by atoms with Crippen LogP contribution < -0.4 is 5.73 Å². The maximum atomic E-state index is 12.3. The second kappa shape index (κ2) is 5.21. The summed E-state index contributed by atoms with van der Waals surface area (Å²) < 4.78 is 25.7. The van der Waals surface area contributed by atoms with Gasteiger partial charge in [0.15, 0.2) is 0 Å². The van der Waals surface area contributed by atoms with Gasteiger partial charge in [0.25, 0.3) is 0 Å². The van der Waals surface area contributed by atoms with E-state index < -0.39 is 10.0 Å². The minimum atomic E-state index is -3.70. The number of hydrogen-bond acceptors (Lipinski definition) is 4. The van der Waals surface area contributed by atoms with Crippen molar-refractivity contribution < 1.29 is 8.42 Å². The molecule has 0 saturated carbocycles. The topological polar surface area (TPSA) is 87.2 Å². The van der Waals surface area contributed by atoms with Crippen LogP contribution in [-0.2, 0) is 10.0 Å². The highest BCUT2D eigenvalue weighted by Crippen LogP contribution is 2.21. The molecule has 2 N–H and O–H groups in total. The third-order valence-electron chi connectivity index (χ3n) is 2.30. The molecule has 1 rings (SSSR count). The summed E-state index contributed by atoms with van der Waals surface area (Å²) in [5.41, 5.74) is 6.65. The molecule has 0 spiro atoms. The number of sulfonamides is 1. The zero-order valence-corrected chi connectivity index (χ0v) is 11.2. The van der Waals surface area contributed by atoms with E-state index in [2.05, 4.69) is 6.58 Å². The molecule has 0 amide bonds. The lowest BCUT2D eigenvalue weighted by Crippen LogP contribution is -2.29. The predicted octanol–water partition coefficient (Wildman–Crippen LogP) is 1.34. The first-order valence-corrected chi connectivity index (χ1v) is 6.63. The average molecular weight is 265 g/mol. The Morgan fingerprint density at radius 3 is 2.67 bits per heavy atom. The molecule has 1 aromatic rings. The number of nitrogens with zero attached hydrogens (tertiary/aromatic N) is 2. The summed E-state index contributed by atoms with van der Waals surface area (Å²) in [7, 11) is -2.25.